The summed E-state index contributed by atoms with van der Waals surface area (Å²) in [6.45, 7) is 7.39. The number of rotatable bonds is 2. The first-order chi connectivity index (χ1) is 7.99. The van der Waals surface area contributed by atoms with Crippen LogP contribution in [-0.2, 0) is 13.6 Å². The molecule has 2 unspecified atom stereocenters. The number of aromatic nitrogens is 2. The zero-order chi connectivity index (χ0) is 12.6. The molecule has 0 amide bonds. The Morgan fingerprint density at radius 2 is 2.24 bits per heavy atom. The average molecular weight is 301 g/mol. The fourth-order valence-electron chi connectivity index (χ4n) is 2.46. The van der Waals surface area contributed by atoms with E-state index in [1.807, 2.05) is 18.7 Å². The zero-order valence-corrected chi connectivity index (χ0v) is 12.4. The lowest BCUT2D eigenvalue weighted by Gasteiger charge is -2.35. The van der Waals surface area contributed by atoms with Crippen molar-refractivity contribution in [2.45, 2.75) is 32.9 Å². The van der Waals surface area contributed by atoms with Gasteiger partial charge in [0.2, 0.25) is 0 Å². The molecule has 2 heterocycles. The first kappa shape index (κ1) is 13.1. The Balaban J connectivity index is 2.06. The van der Waals surface area contributed by atoms with Gasteiger partial charge in [0, 0.05) is 32.7 Å². The maximum atomic E-state index is 6.04. The number of halogens is 1. The second-order valence-electron chi connectivity index (χ2n) is 5.13. The van der Waals surface area contributed by atoms with Crippen LogP contribution in [0.5, 0.6) is 0 Å². The van der Waals surface area contributed by atoms with Gasteiger partial charge in [0.1, 0.15) is 0 Å². The van der Waals surface area contributed by atoms with Crippen molar-refractivity contribution in [3.05, 3.63) is 15.9 Å². The molecule has 2 N–H and O–H groups in total. The minimum Gasteiger partial charge on any atom is -0.327 e. The van der Waals surface area contributed by atoms with E-state index in [0.29, 0.717) is 12.0 Å². The van der Waals surface area contributed by atoms with E-state index in [0.717, 1.165) is 36.2 Å². The number of nitrogens with two attached hydrogens (primary N) is 1. The van der Waals surface area contributed by atoms with Crippen LogP contribution in [0, 0.1) is 12.8 Å². The van der Waals surface area contributed by atoms with Gasteiger partial charge in [-0.05, 0) is 35.2 Å². The van der Waals surface area contributed by atoms with Crippen LogP contribution in [0.2, 0.25) is 0 Å². The van der Waals surface area contributed by atoms with Gasteiger partial charge in [0.05, 0.1) is 15.9 Å². The quantitative estimate of drug-likeness (QED) is 0.904. The highest BCUT2D eigenvalue weighted by Crippen LogP contribution is 2.24. The Morgan fingerprint density at radius 1 is 1.53 bits per heavy atom. The van der Waals surface area contributed by atoms with Crippen LogP contribution >= 0.6 is 15.9 Å². The molecule has 5 heteroatoms. The lowest BCUT2D eigenvalue weighted by atomic mass is 9.95. The zero-order valence-electron chi connectivity index (χ0n) is 10.8. The number of nitrogens with zero attached hydrogens (tertiary/aromatic N) is 3. The van der Waals surface area contributed by atoms with Crippen LogP contribution in [-0.4, -0.2) is 33.8 Å². The minimum atomic E-state index is 0.364. The third-order valence-corrected chi connectivity index (χ3v) is 4.72. The molecule has 17 heavy (non-hydrogen) atoms. The lowest BCUT2D eigenvalue weighted by Crippen LogP contribution is -2.45. The first-order valence-corrected chi connectivity index (χ1v) is 6.94. The van der Waals surface area contributed by atoms with Gasteiger partial charge in [0.15, 0.2) is 0 Å². The van der Waals surface area contributed by atoms with Crippen molar-refractivity contribution in [1.82, 2.24) is 14.7 Å². The third-order valence-electron chi connectivity index (χ3n) is 3.69. The van der Waals surface area contributed by atoms with Gasteiger partial charge in [-0.3, -0.25) is 9.58 Å². The number of hydrogen-bond acceptors (Lipinski definition) is 3. The molecule has 1 aromatic rings. The van der Waals surface area contributed by atoms with E-state index in [-0.39, 0.29) is 0 Å². The molecule has 2 rings (SSSR count). The van der Waals surface area contributed by atoms with E-state index >= 15 is 0 Å². The molecule has 1 aromatic heterocycles. The Morgan fingerprint density at radius 3 is 2.76 bits per heavy atom. The van der Waals surface area contributed by atoms with Crippen molar-refractivity contribution in [2.24, 2.45) is 18.7 Å². The standard InChI is InChI=1S/C12H21BrN4/c1-8-6-17(5-4-10(8)14)7-11-12(13)9(2)15-16(11)3/h8,10H,4-7,14H2,1-3H3. The van der Waals surface area contributed by atoms with E-state index in [9.17, 15) is 0 Å². The summed E-state index contributed by atoms with van der Waals surface area (Å²) >= 11 is 3.62. The number of aryl methyl sites for hydroxylation is 2. The Hall–Kier alpha value is -0.390. The van der Waals surface area contributed by atoms with Crippen LogP contribution in [0.1, 0.15) is 24.7 Å². The predicted molar refractivity (Wildman–Crippen MR) is 72.7 cm³/mol. The molecule has 0 bridgehead atoms. The monoisotopic (exact) mass is 300 g/mol. The second kappa shape index (κ2) is 5.08. The largest absolute Gasteiger partial charge is 0.327 e. The Labute approximate surface area is 111 Å². The molecular weight excluding hydrogens is 280 g/mol. The number of likely N-dealkylation sites (tertiary alicyclic amines) is 1. The summed E-state index contributed by atoms with van der Waals surface area (Å²) in [7, 11) is 2.01. The summed E-state index contributed by atoms with van der Waals surface area (Å²) in [6, 6.07) is 0.364. The molecule has 96 valence electrons. The highest BCUT2D eigenvalue weighted by molar-refractivity contribution is 9.10. The maximum Gasteiger partial charge on any atom is 0.0739 e. The number of hydrogen-bond donors (Lipinski definition) is 1. The predicted octanol–water partition coefficient (Wildman–Crippen LogP) is 1.66. The van der Waals surface area contributed by atoms with Crippen LogP contribution in [0.4, 0.5) is 0 Å². The molecule has 1 saturated heterocycles. The second-order valence-corrected chi connectivity index (χ2v) is 5.93. The fourth-order valence-corrected chi connectivity index (χ4v) is 2.92. The molecule has 0 spiro atoms. The van der Waals surface area contributed by atoms with Crippen molar-refractivity contribution in [3.8, 4) is 0 Å². The average Bonchev–Trinajstić information content (AvgIpc) is 2.50. The first-order valence-electron chi connectivity index (χ1n) is 6.15. The van der Waals surface area contributed by atoms with Gasteiger partial charge in [-0.1, -0.05) is 6.92 Å². The summed E-state index contributed by atoms with van der Waals surface area (Å²) in [5.74, 6) is 0.580. The lowest BCUT2D eigenvalue weighted by molar-refractivity contribution is 0.154. The fraction of sp³-hybridized carbons (Fsp3) is 0.750. The van der Waals surface area contributed by atoms with Gasteiger partial charge >= 0.3 is 0 Å². The van der Waals surface area contributed by atoms with E-state index in [4.69, 9.17) is 5.73 Å². The molecule has 2 atom stereocenters. The van der Waals surface area contributed by atoms with Gasteiger partial charge < -0.3 is 5.73 Å². The SMILES string of the molecule is Cc1nn(C)c(CN2CCC(N)C(C)C2)c1Br. The summed E-state index contributed by atoms with van der Waals surface area (Å²) in [6.07, 6.45) is 1.09. The van der Waals surface area contributed by atoms with Crippen LogP contribution in [0.15, 0.2) is 4.47 Å². The topological polar surface area (TPSA) is 47.1 Å². The molecule has 0 radical (unpaired) electrons. The maximum absolute atomic E-state index is 6.04. The van der Waals surface area contributed by atoms with E-state index in [1.165, 1.54) is 5.69 Å². The van der Waals surface area contributed by atoms with E-state index in [1.54, 1.807) is 0 Å². The van der Waals surface area contributed by atoms with Crippen molar-refractivity contribution >= 4 is 15.9 Å². The van der Waals surface area contributed by atoms with Crippen LogP contribution in [0.25, 0.3) is 0 Å². The molecule has 1 fully saturated rings. The van der Waals surface area contributed by atoms with Crippen LogP contribution in [0.3, 0.4) is 0 Å². The highest BCUT2D eigenvalue weighted by atomic mass is 79.9. The highest BCUT2D eigenvalue weighted by Gasteiger charge is 2.24. The Bertz CT molecular complexity index is 401. The van der Waals surface area contributed by atoms with Crippen LogP contribution < -0.4 is 5.73 Å². The molecule has 0 aromatic carbocycles. The molecule has 1 aliphatic rings. The van der Waals surface area contributed by atoms with E-state index in [2.05, 4.69) is 32.9 Å². The molecule has 0 aliphatic carbocycles. The van der Waals surface area contributed by atoms with Crippen molar-refractivity contribution < 1.29 is 0 Å². The van der Waals surface area contributed by atoms with Gasteiger partial charge in [-0.2, -0.15) is 5.10 Å². The summed E-state index contributed by atoms with van der Waals surface area (Å²) in [4.78, 5) is 2.47. The molecule has 4 nitrogen and oxygen atoms in total. The molecular formula is C12H21BrN4. The molecule has 0 saturated carbocycles. The summed E-state index contributed by atoms with van der Waals surface area (Å²) < 4.78 is 3.11. The van der Waals surface area contributed by atoms with Gasteiger partial charge in [0.25, 0.3) is 0 Å². The minimum absolute atomic E-state index is 0.364. The van der Waals surface area contributed by atoms with E-state index < -0.39 is 0 Å². The normalized spacial score (nSPS) is 26.4. The summed E-state index contributed by atoms with van der Waals surface area (Å²) in [5.41, 5.74) is 8.36. The summed E-state index contributed by atoms with van der Waals surface area (Å²) in [5, 5.41) is 4.43. The van der Waals surface area contributed by atoms with Crippen molar-refractivity contribution in [3.63, 3.8) is 0 Å². The molecule has 1 aliphatic heterocycles. The number of piperidine rings is 1. The van der Waals surface area contributed by atoms with Crippen molar-refractivity contribution in [1.29, 1.82) is 0 Å². The Kier molecular flexibility index (Phi) is 3.90. The van der Waals surface area contributed by atoms with Crippen molar-refractivity contribution in [2.75, 3.05) is 13.1 Å². The van der Waals surface area contributed by atoms with Gasteiger partial charge in [-0.15, -0.1) is 0 Å². The van der Waals surface area contributed by atoms with Gasteiger partial charge in [-0.25, -0.2) is 0 Å². The third kappa shape index (κ3) is 2.72. The smallest absolute Gasteiger partial charge is 0.0739 e.